The molecular weight excluding hydrogens is 312 g/mol. The second-order valence-corrected chi connectivity index (χ2v) is 6.75. The first-order valence-electron chi connectivity index (χ1n) is 9.53. The van der Waals surface area contributed by atoms with Gasteiger partial charge in [-0.15, -0.1) is 0 Å². The lowest BCUT2D eigenvalue weighted by molar-refractivity contribution is 0.330. The Balaban J connectivity index is 1.62. The number of hydrogen-bond donors (Lipinski definition) is 2. The van der Waals surface area contributed by atoms with Crippen molar-refractivity contribution in [1.29, 1.82) is 0 Å². The average molecular weight is 347 g/mol. The van der Waals surface area contributed by atoms with Gasteiger partial charge in [0.2, 0.25) is 0 Å². The van der Waals surface area contributed by atoms with Crippen molar-refractivity contribution in [2.45, 2.75) is 39.0 Å². The summed E-state index contributed by atoms with van der Waals surface area (Å²) < 4.78 is 5.44. The highest BCUT2D eigenvalue weighted by Gasteiger charge is 2.10. The molecular formula is C20H34N4O. The number of hydrogen-bond acceptors (Lipinski definition) is 3. The van der Waals surface area contributed by atoms with Gasteiger partial charge in [0.15, 0.2) is 5.96 Å². The van der Waals surface area contributed by atoms with E-state index in [0.717, 1.165) is 31.2 Å². The van der Waals surface area contributed by atoms with Crippen LogP contribution in [0.15, 0.2) is 23.2 Å². The summed E-state index contributed by atoms with van der Waals surface area (Å²) in [5.41, 5.74) is 2.49. The van der Waals surface area contributed by atoms with Gasteiger partial charge < -0.3 is 20.3 Å². The van der Waals surface area contributed by atoms with Crippen molar-refractivity contribution in [1.82, 2.24) is 15.5 Å². The van der Waals surface area contributed by atoms with E-state index in [1.807, 2.05) is 13.1 Å². The van der Waals surface area contributed by atoms with Crippen LogP contribution in [0.25, 0.3) is 0 Å². The minimum atomic E-state index is 0.841. The highest BCUT2D eigenvalue weighted by molar-refractivity contribution is 5.79. The summed E-state index contributed by atoms with van der Waals surface area (Å²) >= 11 is 0. The molecule has 0 aromatic heterocycles. The molecule has 1 aliphatic heterocycles. The highest BCUT2D eigenvalue weighted by Crippen LogP contribution is 2.19. The fourth-order valence-electron chi connectivity index (χ4n) is 3.31. The van der Waals surface area contributed by atoms with Gasteiger partial charge in [0, 0.05) is 20.1 Å². The third-order valence-corrected chi connectivity index (χ3v) is 4.74. The second kappa shape index (κ2) is 11.0. The Hall–Kier alpha value is -1.75. The minimum absolute atomic E-state index is 0.841. The van der Waals surface area contributed by atoms with E-state index >= 15 is 0 Å². The molecule has 0 amide bonds. The summed E-state index contributed by atoms with van der Waals surface area (Å²) in [4.78, 5) is 6.88. The van der Waals surface area contributed by atoms with E-state index in [4.69, 9.17) is 4.74 Å². The van der Waals surface area contributed by atoms with Crippen LogP contribution in [0, 0.1) is 6.92 Å². The van der Waals surface area contributed by atoms with E-state index in [9.17, 15) is 0 Å². The number of rotatable bonds is 9. The predicted molar refractivity (Wildman–Crippen MR) is 106 cm³/mol. The van der Waals surface area contributed by atoms with Gasteiger partial charge in [-0.2, -0.15) is 0 Å². The van der Waals surface area contributed by atoms with E-state index < -0.39 is 0 Å². The van der Waals surface area contributed by atoms with E-state index in [1.54, 1.807) is 7.11 Å². The van der Waals surface area contributed by atoms with Gasteiger partial charge >= 0.3 is 0 Å². The molecule has 140 valence electrons. The number of nitrogens with one attached hydrogen (secondary N) is 2. The van der Waals surface area contributed by atoms with Crippen molar-refractivity contribution in [3.63, 3.8) is 0 Å². The number of methoxy groups -OCH3 is 1. The molecule has 1 aliphatic rings. The van der Waals surface area contributed by atoms with Crippen LogP contribution in [0.4, 0.5) is 0 Å². The van der Waals surface area contributed by atoms with E-state index in [0.29, 0.717) is 0 Å². The summed E-state index contributed by atoms with van der Waals surface area (Å²) in [5, 5.41) is 6.80. The molecule has 1 fully saturated rings. The van der Waals surface area contributed by atoms with Crippen LogP contribution in [0.1, 0.15) is 36.8 Å². The molecule has 0 bridgehead atoms. The van der Waals surface area contributed by atoms with Crippen LogP contribution < -0.4 is 15.4 Å². The molecule has 0 atom stereocenters. The Morgan fingerprint density at radius 1 is 1.16 bits per heavy atom. The lowest BCUT2D eigenvalue weighted by Gasteiger charge is -2.15. The first-order chi connectivity index (χ1) is 12.2. The zero-order chi connectivity index (χ0) is 17.9. The van der Waals surface area contributed by atoms with Gasteiger partial charge in [-0.25, -0.2) is 0 Å². The van der Waals surface area contributed by atoms with E-state index in [-0.39, 0.29) is 0 Å². The number of ether oxygens (including phenoxy) is 1. The molecule has 0 saturated carbocycles. The Kier molecular flexibility index (Phi) is 8.60. The number of likely N-dealkylation sites (tertiary alicyclic amines) is 1. The molecule has 1 aromatic rings. The molecule has 2 N–H and O–H groups in total. The summed E-state index contributed by atoms with van der Waals surface area (Å²) in [6.45, 7) is 7.74. The van der Waals surface area contributed by atoms with Crippen LogP contribution in [0.2, 0.25) is 0 Å². The number of aliphatic imine (C=N–C) groups is 1. The number of benzene rings is 1. The molecule has 1 aromatic carbocycles. The lowest BCUT2D eigenvalue weighted by Crippen LogP contribution is -2.38. The molecule has 0 aliphatic carbocycles. The maximum atomic E-state index is 5.44. The maximum absolute atomic E-state index is 5.44. The van der Waals surface area contributed by atoms with E-state index in [1.165, 1.54) is 56.4 Å². The van der Waals surface area contributed by atoms with Crippen LogP contribution in [0.5, 0.6) is 5.75 Å². The maximum Gasteiger partial charge on any atom is 0.190 e. The molecule has 0 radical (unpaired) electrons. The van der Waals surface area contributed by atoms with Crippen LogP contribution in [-0.2, 0) is 6.42 Å². The van der Waals surface area contributed by atoms with Crippen molar-refractivity contribution in [2.24, 2.45) is 4.99 Å². The molecule has 5 nitrogen and oxygen atoms in total. The quantitative estimate of drug-likeness (QED) is 0.410. The van der Waals surface area contributed by atoms with Crippen LogP contribution in [0.3, 0.4) is 0 Å². The first-order valence-corrected chi connectivity index (χ1v) is 9.53. The van der Waals surface area contributed by atoms with Gasteiger partial charge in [-0.05, 0) is 70.3 Å². The number of aryl methyl sites for hydroxylation is 1. The first kappa shape index (κ1) is 19.6. The Bertz CT molecular complexity index is 538. The van der Waals surface area contributed by atoms with Crippen molar-refractivity contribution in [3.05, 3.63) is 29.3 Å². The highest BCUT2D eigenvalue weighted by atomic mass is 16.5. The zero-order valence-electron chi connectivity index (χ0n) is 16.1. The fraction of sp³-hybridized carbons (Fsp3) is 0.650. The van der Waals surface area contributed by atoms with Gasteiger partial charge in [0.1, 0.15) is 5.75 Å². The van der Waals surface area contributed by atoms with Crippen molar-refractivity contribution in [3.8, 4) is 5.75 Å². The molecule has 25 heavy (non-hydrogen) atoms. The van der Waals surface area contributed by atoms with Crippen molar-refractivity contribution < 1.29 is 4.74 Å². The normalized spacial score (nSPS) is 15.4. The summed E-state index contributed by atoms with van der Waals surface area (Å²) in [6, 6.07) is 6.31. The van der Waals surface area contributed by atoms with Gasteiger partial charge in [-0.3, -0.25) is 4.99 Å². The van der Waals surface area contributed by atoms with Crippen LogP contribution in [-0.4, -0.2) is 57.7 Å². The average Bonchev–Trinajstić information content (AvgIpc) is 3.13. The summed E-state index contributed by atoms with van der Waals surface area (Å²) in [6.07, 6.45) is 6.11. The topological polar surface area (TPSA) is 48.9 Å². The minimum Gasteiger partial charge on any atom is -0.496 e. The van der Waals surface area contributed by atoms with E-state index in [2.05, 4.69) is 39.6 Å². The number of guanidine groups is 1. The smallest absolute Gasteiger partial charge is 0.190 e. The summed E-state index contributed by atoms with van der Waals surface area (Å²) in [5.74, 6) is 1.84. The Morgan fingerprint density at radius 2 is 1.92 bits per heavy atom. The zero-order valence-corrected chi connectivity index (χ0v) is 16.1. The standard InChI is InChI=1S/C20H34N4O/c1-17-8-9-19(25-3)18(16-17)10-12-23-20(21-2)22-11-4-5-13-24-14-6-7-15-24/h8-9,16H,4-7,10-15H2,1-3H3,(H2,21,22,23). The third-order valence-electron chi connectivity index (χ3n) is 4.74. The number of unbranched alkanes of at least 4 members (excludes halogenated alkanes) is 1. The molecule has 1 heterocycles. The van der Waals surface area contributed by atoms with Crippen molar-refractivity contribution >= 4 is 5.96 Å². The monoisotopic (exact) mass is 346 g/mol. The third kappa shape index (κ3) is 6.94. The predicted octanol–water partition coefficient (Wildman–Crippen LogP) is 2.59. The van der Waals surface area contributed by atoms with Gasteiger partial charge in [0.25, 0.3) is 0 Å². The molecule has 2 rings (SSSR count). The molecule has 1 saturated heterocycles. The number of nitrogens with zero attached hydrogens (tertiary/aromatic N) is 2. The largest absolute Gasteiger partial charge is 0.496 e. The van der Waals surface area contributed by atoms with Crippen LogP contribution >= 0.6 is 0 Å². The molecule has 5 heteroatoms. The Morgan fingerprint density at radius 3 is 2.64 bits per heavy atom. The van der Waals surface area contributed by atoms with Crippen molar-refractivity contribution in [2.75, 3.05) is 46.9 Å². The van der Waals surface area contributed by atoms with Gasteiger partial charge in [-0.1, -0.05) is 17.7 Å². The second-order valence-electron chi connectivity index (χ2n) is 6.75. The van der Waals surface area contributed by atoms with Gasteiger partial charge in [0.05, 0.1) is 7.11 Å². The molecule has 0 spiro atoms. The molecule has 0 unspecified atom stereocenters. The fourth-order valence-corrected chi connectivity index (χ4v) is 3.31. The summed E-state index contributed by atoms with van der Waals surface area (Å²) in [7, 11) is 3.55. The SMILES string of the molecule is CN=C(NCCCCN1CCCC1)NCCc1cc(C)ccc1OC. The lowest BCUT2D eigenvalue weighted by atomic mass is 10.1. The Labute approximate surface area is 152 Å².